The second-order valence-electron chi connectivity index (χ2n) is 5.13. The van der Waals surface area contributed by atoms with Gasteiger partial charge in [0.1, 0.15) is 0 Å². The number of nitro groups is 1. The summed E-state index contributed by atoms with van der Waals surface area (Å²) in [5, 5.41) is 19.6. The molecule has 104 valence electrons. The van der Waals surface area contributed by atoms with E-state index in [-0.39, 0.29) is 11.6 Å². The van der Waals surface area contributed by atoms with Crippen molar-refractivity contribution in [3.05, 3.63) is 39.9 Å². The Kier molecular flexibility index (Phi) is 5.48. The number of nitrogens with zero attached hydrogens (tertiary/aromatic N) is 1. The number of carboxylic acid groups (broad SMARTS) is 1. The Morgan fingerprint density at radius 3 is 2.32 bits per heavy atom. The molecule has 0 aliphatic rings. The number of rotatable bonds is 7. The molecule has 1 unspecified atom stereocenters. The lowest BCUT2D eigenvalue weighted by Crippen LogP contribution is -2.16. The minimum absolute atomic E-state index is 0.0562. The van der Waals surface area contributed by atoms with Gasteiger partial charge in [-0.05, 0) is 30.7 Å². The van der Waals surface area contributed by atoms with Gasteiger partial charge < -0.3 is 5.11 Å². The first-order chi connectivity index (χ1) is 8.90. The molecule has 0 aliphatic heterocycles. The maximum atomic E-state index is 11.1. The molecule has 1 aromatic carbocycles. The molecule has 0 bridgehead atoms. The smallest absolute Gasteiger partial charge is 0.306 e. The normalized spacial score (nSPS) is 12.4. The van der Waals surface area contributed by atoms with Gasteiger partial charge in [0.2, 0.25) is 0 Å². The van der Waals surface area contributed by atoms with Crippen molar-refractivity contribution in [3.63, 3.8) is 0 Å². The summed E-state index contributed by atoms with van der Waals surface area (Å²) in [7, 11) is 0. The molecule has 0 spiro atoms. The van der Waals surface area contributed by atoms with E-state index in [9.17, 15) is 14.9 Å². The molecule has 0 amide bonds. The van der Waals surface area contributed by atoms with E-state index < -0.39 is 10.9 Å². The fraction of sp³-hybridized carbons (Fsp3) is 0.500. The van der Waals surface area contributed by atoms with Crippen LogP contribution in [0.1, 0.15) is 32.3 Å². The fourth-order valence-electron chi connectivity index (χ4n) is 2.04. The van der Waals surface area contributed by atoms with Crippen LogP contribution in [0.25, 0.3) is 0 Å². The van der Waals surface area contributed by atoms with Crippen LogP contribution in [0.15, 0.2) is 24.3 Å². The Morgan fingerprint density at radius 1 is 1.32 bits per heavy atom. The zero-order valence-electron chi connectivity index (χ0n) is 11.2. The van der Waals surface area contributed by atoms with Gasteiger partial charge in [-0.3, -0.25) is 14.9 Å². The van der Waals surface area contributed by atoms with Gasteiger partial charge in [0.05, 0.1) is 10.8 Å². The number of carbonyl (C=O) groups is 1. The maximum absolute atomic E-state index is 11.1. The van der Waals surface area contributed by atoms with Gasteiger partial charge in [-0.1, -0.05) is 26.0 Å². The largest absolute Gasteiger partial charge is 0.481 e. The van der Waals surface area contributed by atoms with Crippen LogP contribution in [0.2, 0.25) is 0 Å². The zero-order chi connectivity index (χ0) is 14.4. The summed E-state index contributed by atoms with van der Waals surface area (Å²) in [6, 6.07) is 6.28. The van der Waals surface area contributed by atoms with Crippen molar-refractivity contribution in [2.75, 3.05) is 0 Å². The van der Waals surface area contributed by atoms with Gasteiger partial charge >= 0.3 is 5.97 Å². The van der Waals surface area contributed by atoms with Gasteiger partial charge in [0, 0.05) is 12.1 Å². The first-order valence-electron chi connectivity index (χ1n) is 6.36. The van der Waals surface area contributed by atoms with Gasteiger partial charge in [0.25, 0.3) is 5.69 Å². The summed E-state index contributed by atoms with van der Waals surface area (Å²) in [4.78, 5) is 21.2. The lowest BCUT2D eigenvalue weighted by atomic mass is 9.91. The molecular formula is C14H19NO4. The van der Waals surface area contributed by atoms with E-state index in [1.165, 1.54) is 12.1 Å². The first-order valence-corrected chi connectivity index (χ1v) is 6.36. The van der Waals surface area contributed by atoms with Crippen molar-refractivity contribution < 1.29 is 14.8 Å². The Bertz CT molecular complexity index is 439. The number of aliphatic carboxylic acids is 1. The van der Waals surface area contributed by atoms with Gasteiger partial charge in [-0.15, -0.1) is 0 Å². The predicted octanol–water partition coefficient (Wildman–Crippen LogP) is 3.27. The Morgan fingerprint density at radius 2 is 1.89 bits per heavy atom. The Balaban J connectivity index is 2.59. The standard InChI is InChI=1S/C14H19NO4/c1-10(2)9-12(14(16)17)6-3-11-4-7-13(8-5-11)15(18)19/h4-5,7-8,10,12H,3,6,9H2,1-2H3,(H,16,17). The van der Waals surface area contributed by atoms with E-state index in [0.29, 0.717) is 25.2 Å². The molecule has 1 aromatic rings. The van der Waals surface area contributed by atoms with E-state index in [1.807, 2.05) is 13.8 Å². The van der Waals surface area contributed by atoms with Crippen molar-refractivity contribution in [1.82, 2.24) is 0 Å². The molecule has 0 aromatic heterocycles. The average Bonchev–Trinajstić information content (AvgIpc) is 2.34. The topological polar surface area (TPSA) is 80.4 Å². The molecule has 0 saturated heterocycles. The number of nitro benzene ring substituents is 1. The predicted molar refractivity (Wildman–Crippen MR) is 72.0 cm³/mol. The van der Waals surface area contributed by atoms with Crippen LogP contribution in [0.5, 0.6) is 0 Å². The minimum Gasteiger partial charge on any atom is -0.481 e. The minimum atomic E-state index is -0.768. The van der Waals surface area contributed by atoms with Gasteiger partial charge in [-0.2, -0.15) is 0 Å². The highest BCUT2D eigenvalue weighted by molar-refractivity contribution is 5.69. The molecule has 0 radical (unpaired) electrons. The zero-order valence-corrected chi connectivity index (χ0v) is 11.2. The summed E-state index contributed by atoms with van der Waals surface area (Å²) >= 11 is 0. The number of carboxylic acids is 1. The quantitative estimate of drug-likeness (QED) is 0.606. The Labute approximate surface area is 112 Å². The molecule has 0 aliphatic carbocycles. The molecule has 0 fully saturated rings. The highest BCUT2D eigenvalue weighted by Gasteiger charge is 2.18. The fourth-order valence-corrected chi connectivity index (χ4v) is 2.04. The number of aryl methyl sites for hydroxylation is 1. The summed E-state index contributed by atoms with van der Waals surface area (Å²) in [5.41, 5.74) is 0.987. The van der Waals surface area contributed by atoms with Crippen molar-refractivity contribution >= 4 is 11.7 Å². The van der Waals surface area contributed by atoms with E-state index in [4.69, 9.17) is 5.11 Å². The summed E-state index contributed by atoms with van der Waals surface area (Å²) in [6.07, 6.45) is 1.84. The molecule has 0 heterocycles. The van der Waals surface area contributed by atoms with E-state index in [2.05, 4.69) is 0 Å². The third kappa shape index (κ3) is 5.07. The van der Waals surface area contributed by atoms with Crippen molar-refractivity contribution in [2.45, 2.75) is 33.1 Å². The molecule has 19 heavy (non-hydrogen) atoms. The molecule has 1 atom stereocenters. The van der Waals surface area contributed by atoms with Crippen LogP contribution in [-0.4, -0.2) is 16.0 Å². The second kappa shape index (κ2) is 6.87. The second-order valence-corrected chi connectivity index (χ2v) is 5.13. The summed E-state index contributed by atoms with van der Waals surface area (Å²) in [6.45, 7) is 4.00. The number of hydrogen-bond donors (Lipinski definition) is 1. The van der Waals surface area contributed by atoms with Crippen molar-refractivity contribution in [2.24, 2.45) is 11.8 Å². The van der Waals surface area contributed by atoms with Crippen LogP contribution in [-0.2, 0) is 11.2 Å². The van der Waals surface area contributed by atoms with Crippen molar-refractivity contribution in [1.29, 1.82) is 0 Å². The van der Waals surface area contributed by atoms with Crippen LogP contribution in [0.4, 0.5) is 5.69 Å². The van der Waals surface area contributed by atoms with E-state index in [1.54, 1.807) is 12.1 Å². The molecule has 0 saturated carbocycles. The van der Waals surface area contributed by atoms with E-state index >= 15 is 0 Å². The van der Waals surface area contributed by atoms with Gasteiger partial charge in [-0.25, -0.2) is 0 Å². The third-order valence-corrected chi connectivity index (χ3v) is 3.03. The first kappa shape index (κ1) is 15.1. The Hall–Kier alpha value is -1.91. The number of benzene rings is 1. The third-order valence-electron chi connectivity index (χ3n) is 3.03. The lowest BCUT2D eigenvalue weighted by Gasteiger charge is -2.14. The van der Waals surface area contributed by atoms with Crippen LogP contribution in [0, 0.1) is 22.0 Å². The average molecular weight is 265 g/mol. The monoisotopic (exact) mass is 265 g/mol. The maximum Gasteiger partial charge on any atom is 0.306 e. The summed E-state index contributed by atoms with van der Waals surface area (Å²) in [5.74, 6) is -0.774. The molecule has 5 heteroatoms. The van der Waals surface area contributed by atoms with Crippen molar-refractivity contribution in [3.8, 4) is 0 Å². The SMILES string of the molecule is CC(C)CC(CCc1ccc([N+](=O)[O-])cc1)C(=O)O. The molecule has 1 N–H and O–H groups in total. The highest BCUT2D eigenvalue weighted by Crippen LogP contribution is 2.20. The van der Waals surface area contributed by atoms with Crippen LogP contribution < -0.4 is 0 Å². The molecular weight excluding hydrogens is 246 g/mol. The lowest BCUT2D eigenvalue weighted by molar-refractivity contribution is -0.384. The highest BCUT2D eigenvalue weighted by atomic mass is 16.6. The van der Waals surface area contributed by atoms with E-state index in [0.717, 1.165) is 5.56 Å². The number of non-ortho nitro benzene ring substituents is 1. The molecule has 5 nitrogen and oxygen atoms in total. The van der Waals surface area contributed by atoms with Crippen LogP contribution >= 0.6 is 0 Å². The van der Waals surface area contributed by atoms with Gasteiger partial charge in [0.15, 0.2) is 0 Å². The number of hydrogen-bond acceptors (Lipinski definition) is 3. The summed E-state index contributed by atoms with van der Waals surface area (Å²) < 4.78 is 0. The van der Waals surface area contributed by atoms with Crippen LogP contribution in [0.3, 0.4) is 0 Å². The molecule has 1 rings (SSSR count).